The summed E-state index contributed by atoms with van der Waals surface area (Å²) in [7, 11) is 0. The molecule has 2 N–H and O–H groups in total. The molecule has 0 saturated carbocycles. The van der Waals surface area contributed by atoms with Crippen LogP contribution in [0, 0.1) is 6.92 Å². The van der Waals surface area contributed by atoms with E-state index < -0.39 is 5.60 Å². The van der Waals surface area contributed by atoms with Gasteiger partial charge in [-0.2, -0.15) is 0 Å². The summed E-state index contributed by atoms with van der Waals surface area (Å²) in [5.41, 5.74) is 7.89. The van der Waals surface area contributed by atoms with Crippen molar-refractivity contribution in [3.63, 3.8) is 0 Å². The highest BCUT2D eigenvalue weighted by molar-refractivity contribution is 5.70. The summed E-state index contributed by atoms with van der Waals surface area (Å²) in [5.74, 6) is -0.234. The van der Waals surface area contributed by atoms with Gasteiger partial charge in [-0.1, -0.05) is 29.8 Å². The minimum absolute atomic E-state index is 0.192. The van der Waals surface area contributed by atoms with Gasteiger partial charge in [0.2, 0.25) is 0 Å². The van der Waals surface area contributed by atoms with E-state index in [0.29, 0.717) is 6.42 Å². The summed E-state index contributed by atoms with van der Waals surface area (Å²) in [6.07, 6.45) is 0.949. The fraction of sp³-hybridized carbons (Fsp3) is 0.533. The summed E-state index contributed by atoms with van der Waals surface area (Å²) in [6, 6.07) is 8.00. The van der Waals surface area contributed by atoms with Crippen LogP contribution in [0.25, 0.3) is 0 Å². The topological polar surface area (TPSA) is 52.3 Å². The molecule has 100 valence electrons. The second-order valence-electron chi connectivity index (χ2n) is 5.74. The van der Waals surface area contributed by atoms with Crippen molar-refractivity contribution in [1.29, 1.82) is 0 Å². The third-order valence-corrected chi connectivity index (χ3v) is 2.47. The van der Waals surface area contributed by atoms with Crippen LogP contribution in [0.15, 0.2) is 24.3 Å². The highest BCUT2D eigenvalue weighted by Crippen LogP contribution is 2.11. The number of carbonyl (C=O) groups is 1. The van der Waals surface area contributed by atoms with Crippen molar-refractivity contribution in [1.82, 2.24) is 0 Å². The van der Waals surface area contributed by atoms with Gasteiger partial charge < -0.3 is 10.5 Å². The summed E-state index contributed by atoms with van der Waals surface area (Å²) in [6.45, 7) is 7.62. The largest absolute Gasteiger partial charge is 0.460 e. The van der Waals surface area contributed by atoms with Gasteiger partial charge in [0.05, 0.1) is 6.42 Å². The van der Waals surface area contributed by atoms with E-state index in [9.17, 15) is 4.79 Å². The Kier molecular flexibility index (Phi) is 4.91. The Morgan fingerprint density at radius 3 is 2.33 bits per heavy atom. The molecule has 1 aromatic rings. The molecule has 0 radical (unpaired) electrons. The third kappa shape index (κ3) is 5.82. The van der Waals surface area contributed by atoms with Crippen LogP contribution in [-0.2, 0) is 16.0 Å². The van der Waals surface area contributed by atoms with Crippen LogP contribution in [0.4, 0.5) is 0 Å². The third-order valence-electron chi connectivity index (χ3n) is 2.47. The van der Waals surface area contributed by atoms with Crippen LogP contribution in [0.1, 0.15) is 38.3 Å². The van der Waals surface area contributed by atoms with Crippen molar-refractivity contribution in [2.24, 2.45) is 5.73 Å². The van der Waals surface area contributed by atoms with Crippen LogP contribution in [0.3, 0.4) is 0 Å². The van der Waals surface area contributed by atoms with E-state index in [4.69, 9.17) is 10.5 Å². The molecule has 0 amide bonds. The first-order chi connectivity index (χ1) is 8.26. The molecule has 0 fully saturated rings. The second kappa shape index (κ2) is 6.01. The monoisotopic (exact) mass is 249 g/mol. The van der Waals surface area contributed by atoms with Crippen molar-refractivity contribution in [3.8, 4) is 0 Å². The van der Waals surface area contributed by atoms with Crippen molar-refractivity contribution in [2.75, 3.05) is 0 Å². The molecule has 3 nitrogen and oxygen atoms in total. The molecule has 0 aliphatic rings. The molecule has 0 unspecified atom stereocenters. The van der Waals surface area contributed by atoms with Gasteiger partial charge >= 0.3 is 5.97 Å². The van der Waals surface area contributed by atoms with Gasteiger partial charge in [-0.15, -0.1) is 0 Å². The second-order valence-corrected chi connectivity index (χ2v) is 5.74. The molecule has 0 spiro atoms. The highest BCUT2D eigenvalue weighted by atomic mass is 16.6. The van der Waals surface area contributed by atoms with Gasteiger partial charge in [0.1, 0.15) is 5.60 Å². The summed E-state index contributed by atoms with van der Waals surface area (Å²) in [4.78, 5) is 11.6. The standard InChI is InChI=1S/C15H23NO2/c1-11-5-7-12(8-6-11)9-13(16)10-14(17)18-15(2,3)4/h5-8,13H,9-10,16H2,1-4H3/t13-/m1/s1. The first-order valence-corrected chi connectivity index (χ1v) is 6.29. The zero-order valence-corrected chi connectivity index (χ0v) is 11.7. The maximum Gasteiger partial charge on any atom is 0.307 e. The summed E-state index contributed by atoms with van der Waals surface area (Å²) >= 11 is 0. The maximum atomic E-state index is 11.6. The van der Waals surface area contributed by atoms with Crippen molar-refractivity contribution in [2.45, 2.75) is 52.2 Å². The maximum absolute atomic E-state index is 11.6. The van der Waals surface area contributed by atoms with E-state index in [2.05, 4.69) is 12.1 Å². The minimum atomic E-state index is -0.444. The van der Waals surface area contributed by atoms with Crippen molar-refractivity contribution >= 4 is 5.97 Å². The molecule has 0 saturated heterocycles. The van der Waals surface area contributed by atoms with Crippen LogP contribution in [0.5, 0.6) is 0 Å². The molecule has 1 aromatic carbocycles. The predicted molar refractivity (Wildman–Crippen MR) is 73.3 cm³/mol. The number of nitrogens with two attached hydrogens (primary N) is 1. The Hall–Kier alpha value is -1.35. The number of hydrogen-bond acceptors (Lipinski definition) is 3. The van der Waals surface area contributed by atoms with Crippen molar-refractivity contribution in [3.05, 3.63) is 35.4 Å². The molecular weight excluding hydrogens is 226 g/mol. The molecule has 0 bridgehead atoms. The summed E-state index contributed by atoms with van der Waals surface area (Å²) < 4.78 is 5.25. The van der Waals surface area contributed by atoms with E-state index in [0.717, 1.165) is 5.56 Å². The van der Waals surface area contributed by atoms with E-state index >= 15 is 0 Å². The average Bonchev–Trinajstić information content (AvgIpc) is 2.18. The van der Waals surface area contributed by atoms with E-state index in [-0.39, 0.29) is 18.4 Å². The van der Waals surface area contributed by atoms with E-state index in [1.807, 2.05) is 39.8 Å². The number of carbonyl (C=O) groups excluding carboxylic acids is 1. The molecule has 1 atom stereocenters. The van der Waals surface area contributed by atoms with Gasteiger partial charge in [-0.25, -0.2) is 0 Å². The fourth-order valence-electron chi connectivity index (χ4n) is 1.70. The molecule has 0 aliphatic carbocycles. The van der Waals surface area contributed by atoms with Gasteiger partial charge in [0.15, 0.2) is 0 Å². The molecule has 0 aromatic heterocycles. The first kappa shape index (κ1) is 14.7. The Morgan fingerprint density at radius 1 is 1.28 bits per heavy atom. The predicted octanol–water partition coefficient (Wildman–Crippen LogP) is 2.60. The lowest BCUT2D eigenvalue weighted by Crippen LogP contribution is -2.31. The lowest BCUT2D eigenvalue weighted by atomic mass is 10.0. The molecule has 3 heteroatoms. The average molecular weight is 249 g/mol. The Labute approximate surface area is 109 Å². The number of ether oxygens (including phenoxy) is 1. The highest BCUT2D eigenvalue weighted by Gasteiger charge is 2.18. The van der Waals surface area contributed by atoms with Crippen LogP contribution < -0.4 is 5.73 Å². The van der Waals surface area contributed by atoms with Crippen LogP contribution >= 0.6 is 0 Å². The number of benzene rings is 1. The zero-order chi connectivity index (χ0) is 13.8. The fourth-order valence-corrected chi connectivity index (χ4v) is 1.70. The van der Waals surface area contributed by atoms with Gasteiger partial charge in [-0.3, -0.25) is 4.79 Å². The number of esters is 1. The van der Waals surface area contributed by atoms with E-state index in [1.54, 1.807) is 0 Å². The smallest absolute Gasteiger partial charge is 0.307 e. The number of rotatable bonds is 4. The Morgan fingerprint density at radius 2 is 1.83 bits per heavy atom. The SMILES string of the molecule is Cc1ccc(C[C@@H](N)CC(=O)OC(C)(C)C)cc1. The lowest BCUT2D eigenvalue weighted by Gasteiger charge is -2.21. The quantitative estimate of drug-likeness (QED) is 0.834. The molecule has 0 heterocycles. The van der Waals surface area contributed by atoms with Gasteiger partial charge in [-0.05, 0) is 39.7 Å². The van der Waals surface area contributed by atoms with Crippen LogP contribution in [-0.4, -0.2) is 17.6 Å². The zero-order valence-electron chi connectivity index (χ0n) is 11.7. The minimum Gasteiger partial charge on any atom is -0.460 e. The Bertz CT molecular complexity index is 390. The first-order valence-electron chi connectivity index (χ1n) is 6.29. The number of aryl methyl sites for hydroxylation is 1. The van der Waals surface area contributed by atoms with Crippen molar-refractivity contribution < 1.29 is 9.53 Å². The molecule has 18 heavy (non-hydrogen) atoms. The normalized spacial score (nSPS) is 13.2. The van der Waals surface area contributed by atoms with E-state index in [1.165, 1.54) is 5.56 Å². The lowest BCUT2D eigenvalue weighted by molar-refractivity contribution is -0.155. The van der Waals surface area contributed by atoms with Crippen LogP contribution in [0.2, 0.25) is 0 Å². The Balaban J connectivity index is 2.44. The molecular formula is C15H23NO2. The van der Waals surface area contributed by atoms with Gasteiger partial charge in [0.25, 0.3) is 0 Å². The molecule has 1 rings (SSSR count). The van der Waals surface area contributed by atoms with Gasteiger partial charge in [0, 0.05) is 6.04 Å². The number of hydrogen-bond donors (Lipinski definition) is 1. The summed E-state index contributed by atoms with van der Waals surface area (Å²) in [5, 5.41) is 0. The molecule has 0 aliphatic heterocycles.